The summed E-state index contributed by atoms with van der Waals surface area (Å²) in [6.45, 7) is 13.6. The topological polar surface area (TPSA) is 68.6 Å². The van der Waals surface area contributed by atoms with Gasteiger partial charge in [-0.25, -0.2) is 4.79 Å². The Morgan fingerprint density at radius 1 is 1.17 bits per heavy atom. The summed E-state index contributed by atoms with van der Waals surface area (Å²) in [5.41, 5.74) is 3.64. The maximum Gasteiger partial charge on any atom is 0.354 e. The highest BCUT2D eigenvalue weighted by atomic mass is 16.5. The first-order valence-corrected chi connectivity index (χ1v) is 10.00. The van der Waals surface area contributed by atoms with Crippen molar-refractivity contribution in [1.82, 2.24) is 9.47 Å². The lowest BCUT2D eigenvalue weighted by Gasteiger charge is -2.27. The number of rotatable bonds is 8. The van der Waals surface area contributed by atoms with Gasteiger partial charge in [0.25, 0.3) is 5.91 Å². The summed E-state index contributed by atoms with van der Waals surface area (Å²) in [5.74, 6) is -0.943. The fraction of sp³-hybridized carbons (Fsp3) is 0.375. The number of carbonyl (C=O) groups excluding carboxylic acids is 3. The van der Waals surface area contributed by atoms with Gasteiger partial charge in [-0.1, -0.05) is 23.8 Å². The summed E-state index contributed by atoms with van der Waals surface area (Å²) >= 11 is 0. The molecule has 2 aromatic rings. The first-order valence-electron chi connectivity index (χ1n) is 10.00. The van der Waals surface area contributed by atoms with Crippen LogP contribution < -0.4 is 0 Å². The van der Waals surface area contributed by atoms with Crippen LogP contribution in [-0.2, 0) is 11.3 Å². The fourth-order valence-corrected chi connectivity index (χ4v) is 3.78. The molecule has 0 aliphatic heterocycles. The van der Waals surface area contributed by atoms with Crippen LogP contribution in [0.4, 0.5) is 0 Å². The SMILES string of the molecule is C=CCN(C(=O)c1ccc(C)cc1)[C@H](C)C(=O)c1c(C)c(C(=O)OC)n(CC)c1C. The first kappa shape index (κ1) is 23.1. The summed E-state index contributed by atoms with van der Waals surface area (Å²) in [4.78, 5) is 40.4. The molecule has 0 bridgehead atoms. The van der Waals surface area contributed by atoms with Gasteiger partial charge in [0.05, 0.1) is 13.2 Å². The number of methoxy groups -OCH3 is 1. The van der Waals surface area contributed by atoms with Gasteiger partial charge in [-0.2, -0.15) is 0 Å². The second-order valence-electron chi connectivity index (χ2n) is 7.32. The summed E-state index contributed by atoms with van der Waals surface area (Å²) in [7, 11) is 1.32. The number of aryl methyl sites for hydroxylation is 1. The van der Waals surface area contributed by atoms with Crippen LogP contribution in [0.2, 0.25) is 0 Å². The average molecular weight is 411 g/mol. The van der Waals surface area contributed by atoms with Crippen LogP contribution in [0.3, 0.4) is 0 Å². The van der Waals surface area contributed by atoms with Crippen molar-refractivity contribution in [2.75, 3.05) is 13.7 Å². The molecule has 0 radical (unpaired) electrons. The van der Waals surface area contributed by atoms with Gasteiger partial charge in [0.15, 0.2) is 5.78 Å². The van der Waals surface area contributed by atoms with Gasteiger partial charge in [-0.05, 0) is 52.3 Å². The molecule has 1 heterocycles. The predicted molar refractivity (Wildman–Crippen MR) is 117 cm³/mol. The number of esters is 1. The summed E-state index contributed by atoms with van der Waals surface area (Å²) in [6, 6.07) is 6.51. The lowest BCUT2D eigenvalue weighted by molar-refractivity contribution is 0.0587. The molecule has 1 amide bonds. The molecular formula is C24H30N2O4. The molecule has 0 aliphatic rings. The van der Waals surface area contributed by atoms with E-state index in [1.165, 1.54) is 12.0 Å². The molecule has 0 N–H and O–H groups in total. The van der Waals surface area contributed by atoms with Crippen molar-refractivity contribution < 1.29 is 19.1 Å². The maximum atomic E-state index is 13.5. The lowest BCUT2D eigenvalue weighted by Crippen LogP contribution is -2.43. The molecule has 0 saturated carbocycles. The number of ketones is 1. The lowest BCUT2D eigenvalue weighted by atomic mass is 9.99. The number of benzene rings is 1. The smallest absolute Gasteiger partial charge is 0.354 e. The van der Waals surface area contributed by atoms with E-state index < -0.39 is 12.0 Å². The van der Waals surface area contributed by atoms with E-state index in [4.69, 9.17) is 4.74 Å². The number of nitrogens with zero attached hydrogens (tertiary/aromatic N) is 2. The molecule has 0 spiro atoms. The normalized spacial score (nSPS) is 11.7. The van der Waals surface area contributed by atoms with Crippen LogP contribution in [0.5, 0.6) is 0 Å². The van der Waals surface area contributed by atoms with Crippen molar-refractivity contribution in [3.63, 3.8) is 0 Å². The number of amides is 1. The first-order chi connectivity index (χ1) is 14.2. The van der Waals surface area contributed by atoms with Crippen LogP contribution in [0.1, 0.15) is 61.9 Å². The molecule has 0 unspecified atom stereocenters. The van der Waals surface area contributed by atoms with Gasteiger partial charge in [0.2, 0.25) is 0 Å². The third-order valence-corrected chi connectivity index (χ3v) is 5.44. The Bertz CT molecular complexity index is 970. The zero-order chi connectivity index (χ0) is 22.6. The summed E-state index contributed by atoms with van der Waals surface area (Å²) in [5, 5.41) is 0. The molecule has 6 heteroatoms. The van der Waals surface area contributed by atoms with E-state index in [1.807, 2.05) is 32.9 Å². The van der Waals surface area contributed by atoms with Gasteiger partial charge in [-0.3, -0.25) is 9.59 Å². The molecule has 0 aliphatic carbocycles. The van der Waals surface area contributed by atoms with E-state index in [2.05, 4.69) is 6.58 Å². The van der Waals surface area contributed by atoms with Gasteiger partial charge >= 0.3 is 5.97 Å². The minimum Gasteiger partial charge on any atom is -0.464 e. The maximum absolute atomic E-state index is 13.5. The largest absolute Gasteiger partial charge is 0.464 e. The van der Waals surface area contributed by atoms with Gasteiger partial charge in [-0.15, -0.1) is 6.58 Å². The molecule has 0 fully saturated rings. The number of ether oxygens (including phenoxy) is 1. The Hall–Kier alpha value is -3.15. The molecule has 1 aromatic carbocycles. The predicted octanol–water partition coefficient (Wildman–Crippen LogP) is 4.12. The highest BCUT2D eigenvalue weighted by Gasteiger charge is 2.32. The third-order valence-electron chi connectivity index (χ3n) is 5.44. The molecule has 1 aromatic heterocycles. The average Bonchev–Trinajstić information content (AvgIpc) is 2.99. The molecule has 2 rings (SSSR count). The van der Waals surface area contributed by atoms with E-state index in [9.17, 15) is 14.4 Å². The second kappa shape index (κ2) is 9.57. The second-order valence-corrected chi connectivity index (χ2v) is 7.32. The van der Waals surface area contributed by atoms with Crippen LogP contribution in [-0.4, -0.2) is 46.8 Å². The van der Waals surface area contributed by atoms with Crippen molar-refractivity contribution in [2.24, 2.45) is 0 Å². The highest BCUT2D eigenvalue weighted by Crippen LogP contribution is 2.26. The molecule has 1 atom stereocenters. The third kappa shape index (κ3) is 4.22. The number of hydrogen-bond acceptors (Lipinski definition) is 4. The fourth-order valence-electron chi connectivity index (χ4n) is 3.78. The monoisotopic (exact) mass is 410 g/mol. The van der Waals surface area contributed by atoms with Gasteiger partial charge in [0, 0.05) is 29.9 Å². The Morgan fingerprint density at radius 3 is 2.27 bits per heavy atom. The number of Topliss-reactive ketones (excluding diaryl/α,β-unsaturated/α-hetero) is 1. The molecule has 160 valence electrons. The van der Waals surface area contributed by atoms with E-state index in [-0.39, 0.29) is 18.2 Å². The Labute approximate surface area is 178 Å². The van der Waals surface area contributed by atoms with Crippen LogP contribution in [0, 0.1) is 20.8 Å². The number of hydrogen-bond donors (Lipinski definition) is 0. The molecule has 30 heavy (non-hydrogen) atoms. The zero-order valence-corrected chi connectivity index (χ0v) is 18.6. The minimum absolute atomic E-state index is 0.218. The molecule has 0 saturated heterocycles. The van der Waals surface area contributed by atoms with Crippen molar-refractivity contribution in [3.05, 3.63) is 70.6 Å². The Balaban J connectivity index is 2.48. The van der Waals surface area contributed by atoms with E-state index >= 15 is 0 Å². The zero-order valence-electron chi connectivity index (χ0n) is 18.6. The summed E-state index contributed by atoms with van der Waals surface area (Å²) in [6.07, 6.45) is 1.60. The Kier molecular flexibility index (Phi) is 7.38. The van der Waals surface area contributed by atoms with E-state index in [0.717, 1.165) is 5.56 Å². The minimum atomic E-state index is -0.729. The Morgan fingerprint density at radius 2 is 1.77 bits per heavy atom. The molecule has 6 nitrogen and oxygen atoms in total. The van der Waals surface area contributed by atoms with Crippen LogP contribution in [0.25, 0.3) is 0 Å². The van der Waals surface area contributed by atoms with Gasteiger partial charge in [0.1, 0.15) is 5.69 Å². The summed E-state index contributed by atoms with van der Waals surface area (Å²) < 4.78 is 6.69. The van der Waals surface area contributed by atoms with Crippen molar-refractivity contribution >= 4 is 17.7 Å². The van der Waals surface area contributed by atoms with E-state index in [1.54, 1.807) is 36.6 Å². The van der Waals surface area contributed by atoms with Crippen molar-refractivity contribution in [2.45, 2.75) is 47.2 Å². The number of carbonyl (C=O) groups is 3. The van der Waals surface area contributed by atoms with Crippen molar-refractivity contribution in [1.29, 1.82) is 0 Å². The standard InChI is InChI=1S/C24H30N2O4/c1-8-14-26(23(28)19-12-10-15(3)11-13-19)18(6)22(27)20-16(4)21(24(29)30-7)25(9-2)17(20)5/h8,10-13,18H,1,9,14H2,2-7H3/t18-/m1/s1. The van der Waals surface area contributed by atoms with Crippen LogP contribution >= 0.6 is 0 Å². The molecular weight excluding hydrogens is 380 g/mol. The van der Waals surface area contributed by atoms with E-state index in [0.29, 0.717) is 34.6 Å². The number of aromatic nitrogens is 1. The van der Waals surface area contributed by atoms with Crippen molar-refractivity contribution in [3.8, 4) is 0 Å². The van der Waals surface area contributed by atoms with Crippen LogP contribution in [0.15, 0.2) is 36.9 Å². The highest BCUT2D eigenvalue weighted by molar-refractivity contribution is 6.07. The van der Waals surface area contributed by atoms with Gasteiger partial charge < -0.3 is 14.2 Å². The quantitative estimate of drug-likeness (QED) is 0.373.